The van der Waals surface area contributed by atoms with E-state index < -0.39 is 11.4 Å². The van der Waals surface area contributed by atoms with Crippen LogP contribution in [-0.4, -0.2) is 34.1 Å². The number of aromatic nitrogens is 2. The molecular weight excluding hydrogens is 242 g/mol. The minimum Gasteiger partial charge on any atom is -0.481 e. The van der Waals surface area contributed by atoms with Crippen LogP contribution in [0.15, 0.2) is 30.5 Å². The molecule has 0 aliphatic carbocycles. The first-order valence-electron chi connectivity index (χ1n) is 6.29. The molecular formula is C14H15N3O2. The van der Waals surface area contributed by atoms with E-state index in [1.165, 1.54) is 0 Å². The Labute approximate surface area is 110 Å². The van der Waals surface area contributed by atoms with Crippen molar-refractivity contribution in [3.63, 3.8) is 0 Å². The van der Waals surface area contributed by atoms with Gasteiger partial charge in [0.2, 0.25) is 5.95 Å². The predicted octanol–water partition coefficient (Wildman–Crippen LogP) is 1.93. The molecule has 2 aromatic rings. The van der Waals surface area contributed by atoms with Gasteiger partial charge in [-0.3, -0.25) is 4.79 Å². The van der Waals surface area contributed by atoms with Crippen LogP contribution in [0, 0.1) is 5.41 Å². The maximum atomic E-state index is 11.2. The number of carboxylic acid groups (broad SMARTS) is 1. The Balaban J connectivity index is 1.92. The number of carbonyl (C=O) groups is 1. The monoisotopic (exact) mass is 257 g/mol. The zero-order valence-corrected chi connectivity index (χ0v) is 10.7. The summed E-state index contributed by atoms with van der Waals surface area (Å²) in [5.41, 5.74) is 0.186. The van der Waals surface area contributed by atoms with Crippen molar-refractivity contribution in [2.45, 2.75) is 13.3 Å². The SMILES string of the molecule is CC1(C(=O)O)CCN(c2ncc3ccccc3n2)C1. The Bertz CT molecular complexity index is 643. The van der Waals surface area contributed by atoms with E-state index in [1.807, 2.05) is 29.2 Å². The van der Waals surface area contributed by atoms with Gasteiger partial charge in [0.05, 0.1) is 10.9 Å². The minimum absolute atomic E-state index is 0.459. The fourth-order valence-corrected chi connectivity index (χ4v) is 2.42. The van der Waals surface area contributed by atoms with Crippen LogP contribution < -0.4 is 4.90 Å². The third kappa shape index (κ3) is 2.01. The van der Waals surface area contributed by atoms with Gasteiger partial charge in [-0.2, -0.15) is 0 Å². The molecule has 5 nitrogen and oxygen atoms in total. The summed E-state index contributed by atoms with van der Waals surface area (Å²) < 4.78 is 0. The average Bonchev–Trinajstić information content (AvgIpc) is 2.82. The van der Waals surface area contributed by atoms with E-state index in [0.29, 0.717) is 25.5 Å². The molecule has 1 atom stereocenters. The molecule has 0 radical (unpaired) electrons. The molecule has 2 heterocycles. The molecule has 0 amide bonds. The first-order valence-corrected chi connectivity index (χ1v) is 6.29. The Morgan fingerprint density at radius 3 is 2.95 bits per heavy atom. The third-order valence-corrected chi connectivity index (χ3v) is 3.75. The second kappa shape index (κ2) is 4.19. The zero-order chi connectivity index (χ0) is 13.5. The van der Waals surface area contributed by atoms with Crippen molar-refractivity contribution in [2.75, 3.05) is 18.0 Å². The number of hydrogen-bond acceptors (Lipinski definition) is 4. The summed E-state index contributed by atoms with van der Waals surface area (Å²) in [6.07, 6.45) is 2.41. The van der Waals surface area contributed by atoms with Crippen LogP contribution in [0.5, 0.6) is 0 Å². The van der Waals surface area contributed by atoms with Crippen molar-refractivity contribution in [1.29, 1.82) is 0 Å². The molecule has 1 aliphatic rings. The molecule has 1 saturated heterocycles. The number of anilines is 1. The van der Waals surface area contributed by atoms with Crippen LogP contribution in [0.2, 0.25) is 0 Å². The second-order valence-electron chi connectivity index (χ2n) is 5.27. The van der Waals surface area contributed by atoms with Gasteiger partial charge in [-0.1, -0.05) is 18.2 Å². The van der Waals surface area contributed by atoms with Gasteiger partial charge in [0.25, 0.3) is 0 Å². The molecule has 1 aromatic carbocycles. The van der Waals surface area contributed by atoms with Crippen molar-refractivity contribution < 1.29 is 9.90 Å². The van der Waals surface area contributed by atoms with Gasteiger partial charge in [0, 0.05) is 24.7 Å². The number of aliphatic carboxylic acids is 1. The van der Waals surface area contributed by atoms with E-state index in [9.17, 15) is 9.90 Å². The fraction of sp³-hybridized carbons (Fsp3) is 0.357. The summed E-state index contributed by atoms with van der Waals surface area (Å²) in [7, 11) is 0. The third-order valence-electron chi connectivity index (χ3n) is 3.75. The highest BCUT2D eigenvalue weighted by atomic mass is 16.4. The Morgan fingerprint density at radius 2 is 2.21 bits per heavy atom. The number of hydrogen-bond donors (Lipinski definition) is 1. The van der Waals surface area contributed by atoms with E-state index >= 15 is 0 Å². The summed E-state index contributed by atoms with van der Waals surface area (Å²) in [4.78, 5) is 22.0. The maximum absolute atomic E-state index is 11.2. The number of nitrogens with zero attached hydrogens (tertiary/aromatic N) is 3. The molecule has 5 heteroatoms. The molecule has 1 aromatic heterocycles. The van der Waals surface area contributed by atoms with Gasteiger partial charge in [-0.25, -0.2) is 9.97 Å². The van der Waals surface area contributed by atoms with E-state index in [2.05, 4.69) is 9.97 Å². The van der Waals surface area contributed by atoms with Crippen LogP contribution in [0.3, 0.4) is 0 Å². The standard InChI is InChI=1S/C14H15N3O2/c1-14(12(18)19)6-7-17(9-14)13-15-8-10-4-2-3-5-11(10)16-13/h2-5,8H,6-7,9H2,1H3,(H,18,19). The maximum Gasteiger partial charge on any atom is 0.311 e. The van der Waals surface area contributed by atoms with Crippen molar-refractivity contribution in [3.8, 4) is 0 Å². The second-order valence-corrected chi connectivity index (χ2v) is 5.27. The van der Waals surface area contributed by atoms with E-state index in [1.54, 1.807) is 13.1 Å². The summed E-state index contributed by atoms with van der Waals surface area (Å²) in [5, 5.41) is 10.2. The van der Waals surface area contributed by atoms with Gasteiger partial charge in [-0.05, 0) is 19.4 Å². The topological polar surface area (TPSA) is 66.3 Å². The normalized spacial score (nSPS) is 22.9. The molecule has 1 N–H and O–H groups in total. The van der Waals surface area contributed by atoms with Crippen molar-refractivity contribution in [1.82, 2.24) is 9.97 Å². The Hall–Kier alpha value is -2.17. The van der Waals surface area contributed by atoms with Crippen LogP contribution in [-0.2, 0) is 4.79 Å². The van der Waals surface area contributed by atoms with Crippen molar-refractivity contribution >= 4 is 22.8 Å². The van der Waals surface area contributed by atoms with Gasteiger partial charge in [0.15, 0.2) is 0 Å². The Kier molecular flexibility index (Phi) is 2.62. The van der Waals surface area contributed by atoms with Crippen molar-refractivity contribution in [2.24, 2.45) is 5.41 Å². The number of rotatable bonds is 2. The largest absolute Gasteiger partial charge is 0.481 e. The number of carboxylic acids is 1. The molecule has 19 heavy (non-hydrogen) atoms. The fourth-order valence-electron chi connectivity index (χ4n) is 2.42. The molecule has 1 aliphatic heterocycles. The average molecular weight is 257 g/mol. The first-order chi connectivity index (χ1) is 9.08. The highest BCUT2D eigenvalue weighted by Crippen LogP contribution is 2.32. The van der Waals surface area contributed by atoms with Gasteiger partial charge in [0.1, 0.15) is 0 Å². The lowest BCUT2D eigenvalue weighted by molar-refractivity contribution is -0.146. The van der Waals surface area contributed by atoms with Gasteiger partial charge in [-0.15, -0.1) is 0 Å². The van der Waals surface area contributed by atoms with E-state index in [0.717, 1.165) is 10.9 Å². The molecule has 1 fully saturated rings. The zero-order valence-electron chi connectivity index (χ0n) is 10.7. The molecule has 3 rings (SSSR count). The van der Waals surface area contributed by atoms with Crippen LogP contribution >= 0.6 is 0 Å². The minimum atomic E-state index is -0.754. The molecule has 0 spiro atoms. The summed E-state index contributed by atoms with van der Waals surface area (Å²) >= 11 is 0. The number of para-hydroxylation sites is 1. The van der Waals surface area contributed by atoms with E-state index in [4.69, 9.17) is 0 Å². The molecule has 1 unspecified atom stereocenters. The highest BCUT2D eigenvalue weighted by Gasteiger charge is 2.41. The number of fused-ring (bicyclic) bond motifs is 1. The predicted molar refractivity (Wildman–Crippen MR) is 72.1 cm³/mol. The highest BCUT2D eigenvalue weighted by molar-refractivity contribution is 5.79. The summed E-state index contributed by atoms with van der Waals surface area (Å²) in [6.45, 7) is 2.91. The van der Waals surface area contributed by atoms with Crippen LogP contribution in [0.4, 0.5) is 5.95 Å². The van der Waals surface area contributed by atoms with Crippen molar-refractivity contribution in [3.05, 3.63) is 30.5 Å². The molecule has 98 valence electrons. The first kappa shape index (κ1) is 11.9. The summed E-state index contributed by atoms with van der Waals surface area (Å²) in [6, 6.07) is 7.78. The lowest BCUT2D eigenvalue weighted by atomic mass is 9.90. The van der Waals surface area contributed by atoms with Crippen LogP contribution in [0.1, 0.15) is 13.3 Å². The van der Waals surface area contributed by atoms with Gasteiger partial charge >= 0.3 is 5.97 Å². The lowest BCUT2D eigenvalue weighted by Crippen LogP contribution is -2.32. The van der Waals surface area contributed by atoms with E-state index in [-0.39, 0.29) is 0 Å². The Morgan fingerprint density at radius 1 is 1.42 bits per heavy atom. The smallest absolute Gasteiger partial charge is 0.311 e. The van der Waals surface area contributed by atoms with Gasteiger partial charge < -0.3 is 10.0 Å². The molecule has 0 bridgehead atoms. The number of benzene rings is 1. The summed E-state index contributed by atoms with van der Waals surface area (Å²) in [5.74, 6) is -0.139. The van der Waals surface area contributed by atoms with Crippen LogP contribution in [0.25, 0.3) is 10.9 Å². The quantitative estimate of drug-likeness (QED) is 0.890. The lowest BCUT2D eigenvalue weighted by Gasteiger charge is -2.20. The molecule has 0 saturated carbocycles.